The van der Waals surface area contributed by atoms with E-state index in [1.807, 2.05) is 30.3 Å². The minimum Gasteiger partial charge on any atom is -0.383 e. The van der Waals surface area contributed by atoms with Gasteiger partial charge in [-0.05, 0) is 17.7 Å². The summed E-state index contributed by atoms with van der Waals surface area (Å²) in [6.07, 6.45) is 2.17. The summed E-state index contributed by atoms with van der Waals surface area (Å²) in [4.78, 5) is 4.01. The van der Waals surface area contributed by atoms with Crippen LogP contribution in [0, 0.1) is 0 Å². The number of rotatable bonds is 2. The van der Waals surface area contributed by atoms with Gasteiger partial charge in [0.2, 0.25) is 0 Å². The van der Waals surface area contributed by atoms with Gasteiger partial charge in [-0.15, -0.1) is 0 Å². The number of benzene rings is 1. The zero-order valence-corrected chi connectivity index (χ0v) is 9.96. The molecule has 0 aliphatic heterocycles. The molecule has 1 aromatic carbocycles. The van der Waals surface area contributed by atoms with Gasteiger partial charge in [-0.25, -0.2) is 4.98 Å². The van der Waals surface area contributed by atoms with E-state index in [-0.39, 0.29) is 0 Å². The highest BCUT2D eigenvalue weighted by Crippen LogP contribution is 2.22. The van der Waals surface area contributed by atoms with Crippen LogP contribution in [0.3, 0.4) is 0 Å². The second-order valence-corrected chi connectivity index (χ2v) is 4.31. The lowest BCUT2D eigenvalue weighted by Crippen LogP contribution is -1.98. The van der Waals surface area contributed by atoms with Crippen molar-refractivity contribution >= 4 is 29.0 Å². The molecule has 2 aromatic rings. The first-order chi connectivity index (χ1) is 7.66. The Hall–Kier alpha value is -1.25. The number of anilines is 1. The zero-order chi connectivity index (χ0) is 11.5. The Kier molecular flexibility index (Phi) is 3.32. The van der Waals surface area contributed by atoms with Gasteiger partial charge in [0.25, 0.3) is 0 Å². The van der Waals surface area contributed by atoms with Crippen LogP contribution in [0.1, 0.15) is 11.1 Å². The molecule has 0 fully saturated rings. The number of nitrogen functional groups attached to an aromatic ring is 1. The van der Waals surface area contributed by atoms with Crippen molar-refractivity contribution in [2.75, 3.05) is 5.73 Å². The molecule has 2 N–H and O–H groups in total. The summed E-state index contributed by atoms with van der Waals surface area (Å²) in [5.41, 5.74) is 7.68. The first-order valence-corrected chi connectivity index (χ1v) is 5.55. The Balaban J connectivity index is 2.34. The summed E-state index contributed by atoms with van der Waals surface area (Å²) in [7, 11) is 0. The molecule has 16 heavy (non-hydrogen) atoms. The first kappa shape index (κ1) is 11.2. The molecule has 0 saturated heterocycles. The molecule has 4 heteroatoms. The molecule has 0 aliphatic carbocycles. The highest BCUT2D eigenvalue weighted by molar-refractivity contribution is 6.31. The van der Waals surface area contributed by atoms with Crippen LogP contribution in [0.15, 0.2) is 36.5 Å². The lowest BCUT2D eigenvalue weighted by Gasteiger charge is -2.06. The largest absolute Gasteiger partial charge is 0.383 e. The van der Waals surface area contributed by atoms with Crippen LogP contribution in [0.4, 0.5) is 5.82 Å². The second kappa shape index (κ2) is 4.73. The molecule has 0 radical (unpaired) electrons. The SMILES string of the molecule is Nc1ncc(Cl)cc1Cc1ccccc1Cl. The minimum absolute atomic E-state index is 0.490. The van der Waals surface area contributed by atoms with Gasteiger partial charge in [-0.3, -0.25) is 0 Å². The highest BCUT2D eigenvalue weighted by atomic mass is 35.5. The number of aromatic nitrogens is 1. The predicted octanol–water partition coefficient (Wildman–Crippen LogP) is 3.56. The Bertz CT molecular complexity index is 512. The Morgan fingerprint density at radius 3 is 2.62 bits per heavy atom. The molecule has 0 bridgehead atoms. The molecule has 1 aromatic heterocycles. The number of nitrogens with zero attached hydrogens (tertiary/aromatic N) is 1. The number of halogens is 2. The summed E-state index contributed by atoms with van der Waals surface area (Å²) in [6, 6.07) is 9.46. The van der Waals surface area contributed by atoms with Gasteiger partial charge in [0.1, 0.15) is 5.82 Å². The van der Waals surface area contributed by atoms with Gasteiger partial charge in [0.05, 0.1) is 5.02 Å². The molecule has 2 nitrogen and oxygen atoms in total. The van der Waals surface area contributed by atoms with Gasteiger partial charge >= 0.3 is 0 Å². The topological polar surface area (TPSA) is 38.9 Å². The Labute approximate surface area is 104 Å². The summed E-state index contributed by atoms with van der Waals surface area (Å²) in [5.74, 6) is 0.490. The molecular formula is C12H10Cl2N2. The van der Waals surface area contributed by atoms with E-state index >= 15 is 0 Å². The number of hydrogen-bond acceptors (Lipinski definition) is 2. The lowest BCUT2D eigenvalue weighted by molar-refractivity contribution is 1.15. The third kappa shape index (κ3) is 2.46. The molecule has 0 saturated carbocycles. The van der Waals surface area contributed by atoms with Crippen LogP contribution >= 0.6 is 23.2 Å². The van der Waals surface area contributed by atoms with Crippen molar-refractivity contribution in [2.24, 2.45) is 0 Å². The van der Waals surface area contributed by atoms with E-state index in [2.05, 4.69) is 4.98 Å². The number of nitrogens with two attached hydrogens (primary N) is 1. The summed E-state index contributed by atoms with van der Waals surface area (Å²) < 4.78 is 0. The highest BCUT2D eigenvalue weighted by Gasteiger charge is 2.05. The van der Waals surface area contributed by atoms with Crippen LogP contribution in [-0.2, 0) is 6.42 Å². The van der Waals surface area contributed by atoms with E-state index in [0.717, 1.165) is 16.1 Å². The Morgan fingerprint density at radius 1 is 1.12 bits per heavy atom. The third-order valence-corrected chi connectivity index (χ3v) is 2.88. The first-order valence-electron chi connectivity index (χ1n) is 4.80. The zero-order valence-electron chi connectivity index (χ0n) is 8.45. The number of hydrogen-bond donors (Lipinski definition) is 1. The maximum Gasteiger partial charge on any atom is 0.126 e. The van der Waals surface area contributed by atoms with Crippen molar-refractivity contribution in [3.8, 4) is 0 Å². The fourth-order valence-corrected chi connectivity index (χ4v) is 1.86. The van der Waals surface area contributed by atoms with Crippen molar-refractivity contribution < 1.29 is 0 Å². The summed E-state index contributed by atoms with van der Waals surface area (Å²) in [5, 5.41) is 1.30. The van der Waals surface area contributed by atoms with Gasteiger partial charge in [0.15, 0.2) is 0 Å². The average molecular weight is 253 g/mol. The van der Waals surface area contributed by atoms with E-state index in [9.17, 15) is 0 Å². The van der Waals surface area contributed by atoms with Crippen LogP contribution in [0.25, 0.3) is 0 Å². The van der Waals surface area contributed by atoms with Crippen molar-refractivity contribution in [3.05, 3.63) is 57.7 Å². The second-order valence-electron chi connectivity index (χ2n) is 3.47. The third-order valence-electron chi connectivity index (χ3n) is 2.31. The quantitative estimate of drug-likeness (QED) is 0.888. The van der Waals surface area contributed by atoms with Gasteiger partial charge in [-0.2, -0.15) is 0 Å². The standard InChI is InChI=1S/C12H10Cl2N2/c13-10-6-9(12(15)16-7-10)5-8-3-1-2-4-11(8)14/h1-4,6-7H,5H2,(H2,15,16). The van der Waals surface area contributed by atoms with Crippen molar-refractivity contribution in [1.29, 1.82) is 0 Å². The predicted molar refractivity (Wildman–Crippen MR) is 67.9 cm³/mol. The molecular weight excluding hydrogens is 243 g/mol. The molecule has 0 amide bonds. The molecule has 0 atom stereocenters. The van der Waals surface area contributed by atoms with Crippen LogP contribution in [0.2, 0.25) is 10.0 Å². The van der Waals surface area contributed by atoms with E-state index in [1.165, 1.54) is 6.20 Å². The number of pyridine rings is 1. The molecule has 0 unspecified atom stereocenters. The molecule has 82 valence electrons. The summed E-state index contributed by atoms with van der Waals surface area (Å²) in [6.45, 7) is 0. The van der Waals surface area contributed by atoms with Crippen LogP contribution in [0.5, 0.6) is 0 Å². The maximum atomic E-state index is 6.07. The summed E-state index contributed by atoms with van der Waals surface area (Å²) >= 11 is 11.9. The van der Waals surface area contributed by atoms with Crippen LogP contribution < -0.4 is 5.73 Å². The van der Waals surface area contributed by atoms with E-state index < -0.39 is 0 Å². The van der Waals surface area contributed by atoms with Gasteiger partial charge in [0, 0.05) is 23.2 Å². The molecule has 0 aliphatic rings. The van der Waals surface area contributed by atoms with Crippen molar-refractivity contribution in [1.82, 2.24) is 4.98 Å². The minimum atomic E-state index is 0.490. The normalized spacial score (nSPS) is 10.4. The van der Waals surface area contributed by atoms with E-state index in [1.54, 1.807) is 0 Å². The van der Waals surface area contributed by atoms with Crippen LogP contribution in [-0.4, -0.2) is 4.98 Å². The van der Waals surface area contributed by atoms with Gasteiger partial charge in [-0.1, -0.05) is 41.4 Å². The maximum absolute atomic E-state index is 6.07. The average Bonchev–Trinajstić information content (AvgIpc) is 2.27. The lowest BCUT2D eigenvalue weighted by atomic mass is 10.1. The fourth-order valence-electron chi connectivity index (χ4n) is 1.48. The smallest absolute Gasteiger partial charge is 0.126 e. The van der Waals surface area contributed by atoms with Gasteiger partial charge < -0.3 is 5.73 Å². The van der Waals surface area contributed by atoms with Crippen molar-refractivity contribution in [2.45, 2.75) is 6.42 Å². The van der Waals surface area contributed by atoms with E-state index in [0.29, 0.717) is 17.3 Å². The molecule has 0 spiro atoms. The fraction of sp³-hybridized carbons (Fsp3) is 0.0833. The molecule has 1 heterocycles. The van der Waals surface area contributed by atoms with Crippen molar-refractivity contribution in [3.63, 3.8) is 0 Å². The van der Waals surface area contributed by atoms with E-state index in [4.69, 9.17) is 28.9 Å². The Morgan fingerprint density at radius 2 is 1.88 bits per heavy atom. The molecule has 2 rings (SSSR count). The monoisotopic (exact) mass is 252 g/mol.